The van der Waals surface area contributed by atoms with Crippen LogP contribution in [-0.4, -0.2) is 13.0 Å². The Morgan fingerprint density at radius 1 is 1.43 bits per heavy atom. The van der Waals surface area contributed by atoms with E-state index in [0.717, 1.165) is 5.56 Å². The van der Waals surface area contributed by atoms with E-state index in [2.05, 4.69) is 10.2 Å². The maximum atomic E-state index is 10.3. The minimum absolute atomic E-state index is 0.569. The first kappa shape index (κ1) is 11.3. The maximum absolute atomic E-state index is 10.3. The van der Waals surface area contributed by atoms with Crippen molar-refractivity contribution in [2.45, 2.75) is 4.90 Å². The quantitative estimate of drug-likeness (QED) is 0.636. The number of rotatable bonds is 4. The van der Waals surface area contributed by atoms with Crippen molar-refractivity contribution in [2.24, 2.45) is 0 Å². The van der Waals surface area contributed by atoms with E-state index < -0.39 is 10.4 Å². The Labute approximate surface area is 86.8 Å². The summed E-state index contributed by atoms with van der Waals surface area (Å²) in [7, 11) is -4.42. The standard InChI is InChI=1S/C8H8O4S2/c1-2-7-5-3-4-6-8(7)13-12-14(9,10)11/h2-6H,1H2,(H,9,10,11). The average molecular weight is 232 g/mol. The minimum atomic E-state index is -4.42. The zero-order valence-electron chi connectivity index (χ0n) is 7.08. The van der Waals surface area contributed by atoms with Gasteiger partial charge in [0.05, 0.1) is 12.0 Å². The molecule has 1 N–H and O–H groups in total. The minimum Gasteiger partial charge on any atom is -0.263 e. The fraction of sp³-hybridized carbons (Fsp3) is 0. The van der Waals surface area contributed by atoms with Gasteiger partial charge in [-0.2, -0.15) is 12.0 Å². The average Bonchev–Trinajstić information content (AvgIpc) is 2.14. The van der Waals surface area contributed by atoms with Crippen molar-refractivity contribution in [3.63, 3.8) is 0 Å². The topological polar surface area (TPSA) is 63.6 Å². The molecule has 76 valence electrons. The molecule has 0 saturated heterocycles. The first-order valence-corrected chi connectivity index (χ1v) is 5.68. The van der Waals surface area contributed by atoms with Gasteiger partial charge in [0.1, 0.15) is 0 Å². The highest BCUT2D eigenvalue weighted by molar-refractivity contribution is 8.02. The van der Waals surface area contributed by atoms with Gasteiger partial charge in [0.2, 0.25) is 0 Å². The summed E-state index contributed by atoms with van der Waals surface area (Å²) in [4.78, 5) is 0.570. The molecule has 4 nitrogen and oxygen atoms in total. The molecule has 1 aromatic carbocycles. The van der Waals surface area contributed by atoms with Crippen molar-refractivity contribution in [2.75, 3.05) is 0 Å². The van der Waals surface area contributed by atoms with Crippen LogP contribution in [-0.2, 0) is 14.0 Å². The molecule has 0 aliphatic carbocycles. The molecule has 0 bridgehead atoms. The van der Waals surface area contributed by atoms with Crippen LogP contribution in [0.3, 0.4) is 0 Å². The van der Waals surface area contributed by atoms with Crippen molar-refractivity contribution in [1.29, 1.82) is 0 Å². The van der Waals surface area contributed by atoms with Gasteiger partial charge in [-0.15, -0.1) is 0 Å². The van der Waals surface area contributed by atoms with Crippen molar-refractivity contribution >= 4 is 28.5 Å². The van der Waals surface area contributed by atoms with Crippen molar-refractivity contribution in [3.8, 4) is 0 Å². The molecular formula is C8H8O4S2. The number of hydrogen-bond acceptors (Lipinski definition) is 4. The molecule has 1 rings (SSSR count). The SMILES string of the molecule is C=Cc1ccccc1SOS(=O)(=O)O. The fourth-order valence-corrected chi connectivity index (χ4v) is 1.82. The lowest BCUT2D eigenvalue weighted by Gasteiger charge is -2.02. The smallest absolute Gasteiger partial charge is 0.263 e. The van der Waals surface area contributed by atoms with Crippen LogP contribution in [0.15, 0.2) is 35.7 Å². The van der Waals surface area contributed by atoms with Crippen LogP contribution in [0.5, 0.6) is 0 Å². The Morgan fingerprint density at radius 2 is 2.07 bits per heavy atom. The predicted octanol–water partition coefficient (Wildman–Crippen LogP) is 2.16. The second kappa shape index (κ2) is 4.61. The summed E-state index contributed by atoms with van der Waals surface area (Å²) in [5.74, 6) is 0. The lowest BCUT2D eigenvalue weighted by Crippen LogP contribution is -1.96. The van der Waals surface area contributed by atoms with Crippen molar-refractivity contribution in [3.05, 3.63) is 36.4 Å². The normalized spacial score (nSPS) is 11.2. The fourth-order valence-electron chi connectivity index (χ4n) is 0.805. The van der Waals surface area contributed by atoms with E-state index in [-0.39, 0.29) is 0 Å². The Bertz CT molecular complexity index is 425. The van der Waals surface area contributed by atoms with Gasteiger partial charge < -0.3 is 0 Å². The summed E-state index contributed by atoms with van der Waals surface area (Å²) in [6.45, 7) is 3.56. The summed E-state index contributed by atoms with van der Waals surface area (Å²) < 4.78 is 33.1. The number of hydrogen-bond donors (Lipinski definition) is 1. The summed E-state index contributed by atoms with van der Waals surface area (Å²) in [6.07, 6.45) is 1.57. The van der Waals surface area contributed by atoms with Crippen LogP contribution in [0.2, 0.25) is 0 Å². The van der Waals surface area contributed by atoms with Crippen LogP contribution in [0.25, 0.3) is 6.08 Å². The zero-order chi connectivity index (χ0) is 10.6. The lowest BCUT2D eigenvalue weighted by molar-refractivity contribution is 0.407. The van der Waals surface area contributed by atoms with E-state index >= 15 is 0 Å². The first-order valence-electron chi connectivity index (χ1n) is 3.58. The van der Waals surface area contributed by atoms with E-state index in [0.29, 0.717) is 16.9 Å². The molecule has 0 heterocycles. The Kier molecular flexibility index (Phi) is 3.70. The molecule has 0 saturated carbocycles. The van der Waals surface area contributed by atoms with E-state index in [1.54, 1.807) is 30.3 Å². The molecule has 0 amide bonds. The van der Waals surface area contributed by atoms with Crippen LogP contribution < -0.4 is 0 Å². The van der Waals surface area contributed by atoms with Gasteiger partial charge in [-0.05, 0) is 11.6 Å². The summed E-state index contributed by atoms with van der Waals surface area (Å²) >= 11 is 0.569. The zero-order valence-corrected chi connectivity index (χ0v) is 8.72. The van der Waals surface area contributed by atoms with Gasteiger partial charge in [-0.1, -0.05) is 30.9 Å². The molecule has 0 radical (unpaired) electrons. The molecule has 0 aromatic heterocycles. The van der Waals surface area contributed by atoms with E-state index in [4.69, 9.17) is 4.55 Å². The van der Waals surface area contributed by atoms with Gasteiger partial charge in [0.25, 0.3) is 0 Å². The van der Waals surface area contributed by atoms with Crippen molar-refractivity contribution < 1.29 is 16.6 Å². The highest BCUT2D eigenvalue weighted by Gasteiger charge is 2.08. The summed E-state index contributed by atoms with van der Waals surface area (Å²) in [5, 5.41) is 0. The molecule has 6 heteroatoms. The Morgan fingerprint density at radius 3 is 2.64 bits per heavy atom. The second-order valence-corrected chi connectivity index (χ2v) is 4.33. The summed E-state index contributed by atoms with van der Waals surface area (Å²) in [6, 6.07) is 6.92. The molecule has 0 atom stereocenters. The van der Waals surface area contributed by atoms with Gasteiger partial charge in [-0.25, -0.2) is 0 Å². The van der Waals surface area contributed by atoms with Crippen LogP contribution in [0.1, 0.15) is 5.56 Å². The molecule has 0 unspecified atom stereocenters. The van der Waals surface area contributed by atoms with Crippen molar-refractivity contribution in [1.82, 2.24) is 0 Å². The predicted molar refractivity (Wildman–Crippen MR) is 55.0 cm³/mol. The van der Waals surface area contributed by atoms with Crippen LogP contribution in [0, 0.1) is 0 Å². The third kappa shape index (κ3) is 3.51. The third-order valence-corrected chi connectivity index (χ3v) is 2.86. The monoisotopic (exact) mass is 232 g/mol. The lowest BCUT2D eigenvalue weighted by atomic mass is 10.2. The Hall–Kier alpha value is -0.820. The van der Waals surface area contributed by atoms with Gasteiger partial charge in [-0.3, -0.25) is 4.55 Å². The first-order chi connectivity index (χ1) is 6.53. The van der Waals surface area contributed by atoms with E-state index in [1.165, 1.54) is 0 Å². The van der Waals surface area contributed by atoms with Crippen LogP contribution in [0.4, 0.5) is 0 Å². The molecule has 14 heavy (non-hydrogen) atoms. The highest BCUT2D eigenvalue weighted by atomic mass is 32.3. The van der Waals surface area contributed by atoms with E-state index in [9.17, 15) is 8.42 Å². The van der Waals surface area contributed by atoms with E-state index in [1.807, 2.05) is 0 Å². The molecule has 1 aromatic rings. The Balaban J connectivity index is 2.81. The molecule has 0 spiro atoms. The number of benzene rings is 1. The highest BCUT2D eigenvalue weighted by Crippen LogP contribution is 2.25. The second-order valence-electron chi connectivity index (χ2n) is 2.32. The maximum Gasteiger partial charge on any atom is 0.408 e. The van der Waals surface area contributed by atoms with Crippen LogP contribution >= 0.6 is 12.0 Å². The van der Waals surface area contributed by atoms with Gasteiger partial charge in [0.15, 0.2) is 0 Å². The van der Waals surface area contributed by atoms with Gasteiger partial charge >= 0.3 is 10.4 Å². The molecular weight excluding hydrogens is 224 g/mol. The molecule has 0 fully saturated rings. The molecule has 0 aliphatic rings. The molecule has 0 aliphatic heterocycles. The summed E-state index contributed by atoms with van der Waals surface area (Å²) in [5.41, 5.74) is 0.737. The largest absolute Gasteiger partial charge is 0.408 e. The van der Waals surface area contributed by atoms with Gasteiger partial charge in [0, 0.05) is 4.90 Å². The third-order valence-electron chi connectivity index (χ3n) is 1.35.